The number of rotatable bonds is 2. The van der Waals surface area contributed by atoms with E-state index < -0.39 is 0 Å². The van der Waals surface area contributed by atoms with Crippen LogP contribution < -0.4 is 0 Å². The average molecular weight is 310 g/mol. The van der Waals surface area contributed by atoms with Crippen molar-refractivity contribution in [2.24, 2.45) is 0 Å². The third-order valence-electron chi connectivity index (χ3n) is 3.28. The second-order valence-electron chi connectivity index (χ2n) is 4.66. The van der Waals surface area contributed by atoms with Gasteiger partial charge in [0.05, 0.1) is 14.0 Å². The number of carbonyl (C=O) groups excluding carboxylic acids is 1. The number of aryl methyl sites for hydroxylation is 1. The highest BCUT2D eigenvalue weighted by Gasteiger charge is 2.29. The maximum atomic E-state index is 12.3. The fourth-order valence-corrected chi connectivity index (χ4v) is 5.46. The van der Waals surface area contributed by atoms with Gasteiger partial charge in [-0.05, 0) is 41.8 Å². The van der Waals surface area contributed by atoms with E-state index in [1.165, 1.54) is 25.8 Å². The first kappa shape index (κ1) is 13.1. The molecule has 0 N–H and O–H groups in total. The lowest BCUT2D eigenvalue weighted by Crippen LogP contribution is -2.22. The Labute approximate surface area is 124 Å². The number of amides is 1. The summed E-state index contributed by atoms with van der Waals surface area (Å²) in [5, 5.41) is 0. The molecule has 0 radical (unpaired) electrons. The van der Waals surface area contributed by atoms with Gasteiger partial charge in [0, 0.05) is 25.9 Å². The van der Waals surface area contributed by atoms with Crippen LogP contribution in [0.15, 0.2) is 10.4 Å². The highest BCUT2D eigenvalue weighted by molar-refractivity contribution is 8.00. The van der Waals surface area contributed by atoms with E-state index in [9.17, 15) is 4.79 Å². The molecular formula is C13H14N2OS3. The third kappa shape index (κ3) is 2.02. The fourth-order valence-electron chi connectivity index (χ4n) is 2.33. The molecule has 100 valence electrons. The Balaban J connectivity index is 2.21. The summed E-state index contributed by atoms with van der Waals surface area (Å²) in [7, 11) is 3.63. The van der Waals surface area contributed by atoms with E-state index in [0.717, 1.165) is 17.7 Å². The monoisotopic (exact) mass is 310 g/mol. The number of carbonyl (C=O) groups is 1. The van der Waals surface area contributed by atoms with Crippen molar-refractivity contribution in [3.8, 4) is 10.4 Å². The van der Waals surface area contributed by atoms with E-state index in [-0.39, 0.29) is 5.91 Å². The summed E-state index contributed by atoms with van der Waals surface area (Å²) in [6.07, 6.45) is 5.99. The van der Waals surface area contributed by atoms with Crippen molar-refractivity contribution < 1.29 is 4.79 Å². The van der Waals surface area contributed by atoms with Crippen LogP contribution in [-0.2, 0) is 12.8 Å². The van der Waals surface area contributed by atoms with Crippen LogP contribution in [0.3, 0.4) is 0 Å². The fraction of sp³-hybridized carbons (Fsp3) is 0.385. The van der Waals surface area contributed by atoms with E-state index in [1.54, 1.807) is 39.5 Å². The smallest absolute Gasteiger partial charge is 0.263 e. The molecule has 0 atom stereocenters. The van der Waals surface area contributed by atoms with Crippen molar-refractivity contribution in [1.29, 1.82) is 0 Å². The number of nitrogens with zero attached hydrogens (tertiary/aromatic N) is 2. The first-order valence-corrected chi connectivity index (χ1v) is 8.80. The SMILES string of the molecule is CSc1sc(C(=O)N(C)C)c2c1-c1sncc1CC2. The molecule has 3 nitrogen and oxygen atoms in total. The van der Waals surface area contributed by atoms with Crippen molar-refractivity contribution in [1.82, 2.24) is 9.27 Å². The molecular weight excluding hydrogens is 296 g/mol. The van der Waals surface area contributed by atoms with Crippen molar-refractivity contribution in [2.45, 2.75) is 17.1 Å². The van der Waals surface area contributed by atoms with E-state index in [1.807, 2.05) is 20.3 Å². The van der Waals surface area contributed by atoms with Crippen molar-refractivity contribution in [3.05, 3.63) is 22.2 Å². The molecule has 0 spiro atoms. The van der Waals surface area contributed by atoms with Crippen LogP contribution in [0.4, 0.5) is 0 Å². The summed E-state index contributed by atoms with van der Waals surface area (Å²) in [5.74, 6) is 0.120. The van der Waals surface area contributed by atoms with E-state index in [0.29, 0.717) is 0 Å². The maximum Gasteiger partial charge on any atom is 0.263 e. The summed E-state index contributed by atoms with van der Waals surface area (Å²) >= 11 is 4.91. The number of thiophene rings is 1. The van der Waals surface area contributed by atoms with Gasteiger partial charge < -0.3 is 4.90 Å². The minimum absolute atomic E-state index is 0.120. The second-order valence-corrected chi connectivity index (χ2v) is 7.55. The third-order valence-corrected chi connectivity index (χ3v) is 6.48. The molecule has 1 aliphatic rings. The Morgan fingerprint density at radius 1 is 1.42 bits per heavy atom. The minimum atomic E-state index is 0.120. The molecule has 0 fully saturated rings. The number of hydrogen-bond donors (Lipinski definition) is 0. The van der Waals surface area contributed by atoms with Crippen molar-refractivity contribution in [3.63, 3.8) is 0 Å². The molecule has 0 aliphatic heterocycles. The zero-order valence-electron chi connectivity index (χ0n) is 11.0. The quantitative estimate of drug-likeness (QED) is 0.797. The molecule has 2 aromatic rings. The lowest BCUT2D eigenvalue weighted by Gasteiger charge is -2.15. The molecule has 3 rings (SSSR count). The van der Waals surface area contributed by atoms with Gasteiger partial charge in [-0.2, -0.15) is 0 Å². The lowest BCUT2D eigenvalue weighted by atomic mass is 9.93. The van der Waals surface area contributed by atoms with Gasteiger partial charge in [-0.15, -0.1) is 23.1 Å². The number of aromatic nitrogens is 1. The molecule has 1 amide bonds. The van der Waals surface area contributed by atoms with Gasteiger partial charge in [-0.25, -0.2) is 4.37 Å². The standard InChI is InChI=1S/C13H14N2OS3/c1-15(2)12(16)11-8-5-4-7-6-14-19-10(7)9(8)13(17-3)18-11/h6H,4-5H2,1-3H3. The molecule has 2 aromatic heterocycles. The minimum Gasteiger partial charge on any atom is -0.344 e. The molecule has 0 aromatic carbocycles. The van der Waals surface area contributed by atoms with Crippen molar-refractivity contribution >= 4 is 40.5 Å². The van der Waals surface area contributed by atoms with Gasteiger partial charge in [0.2, 0.25) is 0 Å². The van der Waals surface area contributed by atoms with Crippen LogP contribution in [0.1, 0.15) is 20.8 Å². The average Bonchev–Trinajstić information content (AvgIpc) is 3.00. The van der Waals surface area contributed by atoms with Gasteiger partial charge in [0.25, 0.3) is 5.91 Å². The van der Waals surface area contributed by atoms with Crippen LogP contribution in [0.25, 0.3) is 10.4 Å². The van der Waals surface area contributed by atoms with Crippen LogP contribution in [0, 0.1) is 0 Å². The summed E-state index contributed by atoms with van der Waals surface area (Å²) < 4.78 is 5.55. The largest absolute Gasteiger partial charge is 0.344 e. The summed E-state index contributed by atoms with van der Waals surface area (Å²) in [6.45, 7) is 0. The van der Waals surface area contributed by atoms with Gasteiger partial charge in [0.1, 0.15) is 0 Å². The Bertz CT molecular complexity index is 642. The molecule has 6 heteroatoms. The zero-order chi connectivity index (χ0) is 13.6. The van der Waals surface area contributed by atoms with Gasteiger partial charge in [-0.3, -0.25) is 4.79 Å². The Kier molecular flexibility index (Phi) is 3.41. The highest BCUT2D eigenvalue weighted by atomic mass is 32.2. The first-order chi connectivity index (χ1) is 9.13. The molecule has 0 bridgehead atoms. The molecule has 19 heavy (non-hydrogen) atoms. The second kappa shape index (κ2) is 4.92. The van der Waals surface area contributed by atoms with Crippen molar-refractivity contribution in [2.75, 3.05) is 20.4 Å². The number of fused-ring (bicyclic) bond motifs is 3. The molecule has 1 aliphatic carbocycles. The summed E-state index contributed by atoms with van der Waals surface area (Å²) in [4.78, 5) is 16.1. The first-order valence-electron chi connectivity index (χ1n) is 5.98. The Hall–Kier alpha value is -0.850. The summed E-state index contributed by atoms with van der Waals surface area (Å²) in [5.41, 5.74) is 3.82. The van der Waals surface area contributed by atoms with Gasteiger partial charge in [0.15, 0.2) is 0 Å². The lowest BCUT2D eigenvalue weighted by molar-refractivity contribution is 0.0831. The predicted molar refractivity (Wildman–Crippen MR) is 82.6 cm³/mol. The predicted octanol–water partition coefficient (Wildman–Crippen LogP) is 3.39. The molecule has 2 heterocycles. The van der Waals surface area contributed by atoms with Crippen LogP contribution in [-0.4, -0.2) is 35.5 Å². The Morgan fingerprint density at radius 2 is 2.21 bits per heavy atom. The highest BCUT2D eigenvalue weighted by Crippen LogP contribution is 2.47. The van der Waals surface area contributed by atoms with Gasteiger partial charge >= 0.3 is 0 Å². The topological polar surface area (TPSA) is 33.2 Å². The molecule has 0 saturated carbocycles. The summed E-state index contributed by atoms with van der Waals surface area (Å²) in [6, 6.07) is 0. The van der Waals surface area contributed by atoms with E-state index in [2.05, 4.69) is 10.6 Å². The number of thioether (sulfide) groups is 1. The molecule has 0 saturated heterocycles. The number of hydrogen-bond acceptors (Lipinski definition) is 5. The van der Waals surface area contributed by atoms with Crippen LogP contribution in [0.5, 0.6) is 0 Å². The van der Waals surface area contributed by atoms with Gasteiger partial charge in [-0.1, -0.05) is 0 Å². The van der Waals surface area contributed by atoms with Crippen LogP contribution in [0.2, 0.25) is 0 Å². The van der Waals surface area contributed by atoms with E-state index in [4.69, 9.17) is 0 Å². The zero-order valence-corrected chi connectivity index (χ0v) is 13.5. The normalized spacial score (nSPS) is 13.0. The Morgan fingerprint density at radius 3 is 2.89 bits per heavy atom. The molecule has 0 unspecified atom stereocenters. The van der Waals surface area contributed by atoms with E-state index >= 15 is 0 Å². The maximum absolute atomic E-state index is 12.3. The van der Waals surface area contributed by atoms with Crippen LogP contribution >= 0.6 is 34.6 Å².